The smallest absolute Gasteiger partial charge is 0.126 e. The first-order chi connectivity index (χ1) is 8.90. The van der Waals surface area contributed by atoms with Crippen LogP contribution in [0.4, 0.5) is 0 Å². The van der Waals surface area contributed by atoms with Gasteiger partial charge in [-0.25, -0.2) is 0 Å². The molecule has 2 aromatic carbocycles. The molecule has 1 fully saturated rings. The molecule has 1 aliphatic rings. The Morgan fingerprint density at radius 1 is 1.05 bits per heavy atom. The molecular weight excluding hydrogens is 260 g/mol. The lowest BCUT2D eigenvalue weighted by molar-refractivity contribution is 0.417. The number of hydrogen-bond donors (Lipinski definition) is 2. The Balaban J connectivity index is 0.00000133. The minimum atomic E-state index is 0. The van der Waals surface area contributed by atoms with Crippen LogP contribution in [0.3, 0.4) is 0 Å². The van der Waals surface area contributed by atoms with Crippen molar-refractivity contribution in [2.45, 2.75) is 6.04 Å². The molecule has 0 unspecified atom stereocenters. The second-order valence-electron chi connectivity index (χ2n) is 4.61. The van der Waals surface area contributed by atoms with Gasteiger partial charge in [0.05, 0.1) is 7.11 Å². The summed E-state index contributed by atoms with van der Waals surface area (Å²) in [6, 6.07) is 13.1. The van der Waals surface area contributed by atoms with E-state index in [1.807, 2.05) is 0 Å². The van der Waals surface area contributed by atoms with E-state index in [1.54, 1.807) is 7.11 Å². The topological polar surface area (TPSA) is 33.3 Å². The summed E-state index contributed by atoms with van der Waals surface area (Å²) >= 11 is 0. The molecule has 1 aliphatic heterocycles. The molecule has 2 N–H and O–H groups in total. The predicted molar refractivity (Wildman–Crippen MR) is 81.4 cm³/mol. The van der Waals surface area contributed by atoms with Crippen molar-refractivity contribution in [1.29, 1.82) is 0 Å². The highest BCUT2D eigenvalue weighted by atomic mass is 35.5. The lowest BCUT2D eigenvalue weighted by atomic mass is 9.97. The molecule has 1 saturated heterocycles. The van der Waals surface area contributed by atoms with Gasteiger partial charge < -0.3 is 15.4 Å². The van der Waals surface area contributed by atoms with E-state index in [0.29, 0.717) is 6.04 Å². The molecule has 3 rings (SSSR count). The SMILES string of the molecule is COc1ccc([C@@H]2CNCCN2)c2ccccc12.Cl. The van der Waals surface area contributed by atoms with Gasteiger partial charge in [0, 0.05) is 31.1 Å². The zero-order valence-electron chi connectivity index (χ0n) is 11.0. The Labute approximate surface area is 119 Å². The predicted octanol–water partition coefficient (Wildman–Crippen LogP) is 2.50. The van der Waals surface area contributed by atoms with E-state index in [2.05, 4.69) is 47.0 Å². The Kier molecular flexibility index (Phi) is 4.64. The summed E-state index contributed by atoms with van der Waals surface area (Å²) in [4.78, 5) is 0. The molecule has 0 radical (unpaired) electrons. The zero-order chi connectivity index (χ0) is 12.4. The summed E-state index contributed by atoms with van der Waals surface area (Å²) < 4.78 is 5.43. The molecule has 0 aromatic heterocycles. The fourth-order valence-electron chi connectivity index (χ4n) is 2.65. The molecule has 4 heteroatoms. The van der Waals surface area contributed by atoms with Gasteiger partial charge in [-0.05, 0) is 17.0 Å². The maximum absolute atomic E-state index is 5.43. The van der Waals surface area contributed by atoms with E-state index < -0.39 is 0 Å². The van der Waals surface area contributed by atoms with Crippen LogP contribution in [0.1, 0.15) is 11.6 Å². The molecular formula is C15H19ClN2O. The summed E-state index contributed by atoms with van der Waals surface area (Å²) in [7, 11) is 1.72. The summed E-state index contributed by atoms with van der Waals surface area (Å²) in [5.41, 5.74) is 1.35. The first-order valence-corrected chi connectivity index (χ1v) is 6.40. The summed E-state index contributed by atoms with van der Waals surface area (Å²) in [6.07, 6.45) is 0. The second-order valence-corrected chi connectivity index (χ2v) is 4.61. The Hall–Kier alpha value is -1.29. The van der Waals surface area contributed by atoms with Crippen LogP contribution in [0.2, 0.25) is 0 Å². The van der Waals surface area contributed by atoms with Crippen LogP contribution in [-0.4, -0.2) is 26.7 Å². The van der Waals surface area contributed by atoms with Gasteiger partial charge >= 0.3 is 0 Å². The molecule has 1 heterocycles. The summed E-state index contributed by atoms with van der Waals surface area (Å²) in [5, 5.41) is 9.46. The number of rotatable bonds is 2. The molecule has 0 amide bonds. The monoisotopic (exact) mass is 278 g/mol. The minimum absolute atomic E-state index is 0. The standard InChI is InChI=1S/C15H18N2O.ClH/c1-18-15-7-6-12(14-10-16-8-9-17-14)11-4-2-3-5-13(11)15;/h2-7,14,16-17H,8-10H2,1H3;1H/t14-;/m0./s1. The van der Waals surface area contributed by atoms with E-state index in [9.17, 15) is 0 Å². The molecule has 0 spiro atoms. The van der Waals surface area contributed by atoms with Crippen molar-refractivity contribution in [3.8, 4) is 5.75 Å². The molecule has 19 heavy (non-hydrogen) atoms. The van der Waals surface area contributed by atoms with E-state index >= 15 is 0 Å². The number of ether oxygens (including phenoxy) is 1. The van der Waals surface area contributed by atoms with Crippen LogP contribution in [0, 0.1) is 0 Å². The van der Waals surface area contributed by atoms with Crippen LogP contribution in [0.5, 0.6) is 5.75 Å². The van der Waals surface area contributed by atoms with Gasteiger partial charge in [-0.15, -0.1) is 12.4 Å². The minimum Gasteiger partial charge on any atom is -0.496 e. The highest BCUT2D eigenvalue weighted by molar-refractivity contribution is 5.91. The molecule has 102 valence electrons. The van der Waals surface area contributed by atoms with Crippen molar-refractivity contribution in [3.63, 3.8) is 0 Å². The van der Waals surface area contributed by atoms with Gasteiger partial charge in [0.1, 0.15) is 5.75 Å². The molecule has 0 bridgehead atoms. The van der Waals surface area contributed by atoms with E-state index in [0.717, 1.165) is 25.4 Å². The zero-order valence-corrected chi connectivity index (χ0v) is 11.8. The Bertz CT molecular complexity index is 553. The first kappa shape index (κ1) is 14.1. The highest BCUT2D eigenvalue weighted by Crippen LogP contribution is 2.31. The normalized spacial score (nSPS) is 18.9. The molecule has 3 nitrogen and oxygen atoms in total. The summed E-state index contributed by atoms with van der Waals surface area (Å²) in [6.45, 7) is 3.05. The average Bonchev–Trinajstić information content (AvgIpc) is 2.47. The van der Waals surface area contributed by atoms with Gasteiger partial charge in [-0.2, -0.15) is 0 Å². The van der Waals surface area contributed by atoms with Crippen LogP contribution >= 0.6 is 12.4 Å². The Morgan fingerprint density at radius 2 is 1.84 bits per heavy atom. The largest absolute Gasteiger partial charge is 0.496 e. The van der Waals surface area contributed by atoms with Gasteiger partial charge in [0.25, 0.3) is 0 Å². The van der Waals surface area contributed by atoms with Crippen LogP contribution in [0.15, 0.2) is 36.4 Å². The van der Waals surface area contributed by atoms with Gasteiger partial charge in [-0.1, -0.05) is 30.3 Å². The molecule has 1 atom stereocenters. The van der Waals surface area contributed by atoms with Crippen molar-refractivity contribution < 1.29 is 4.74 Å². The third-order valence-electron chi connectivity index (χ3n) is 3.55. The van der Waals surface area contributed by atoms with Crippen LogP contribution < -0.4 is 15.4 Å². The number of piperazine rings is 1. The molecule has 0 aliphatic carbocycles. The Morgan fingerprint density at radius 3 is 2.53 bits per heavy atom. The molecule has 0 saturated carbocycles. The molecule has 2 aromatic rings. The van der Waals surface area contributed by atoms with Crippen molar-refractivity contribution in [1.82, 2.24) is 10.6 Å². The number of halogens is 1. The number of methoxy groups -OCH3 is 1. The fourth-order valence-corrected chi connectivity index (χ4v) is 2.65. The van der Waals surface area contributed by atoms with Crippen molar-refractivity contribution >= 4 is 23.2 Å². The van der Waals surface area contributed by atoms with Gasteiger partial charge in [-0.3, -0.25) is 0 Å². The fraction of sp³-hybridized carbons (Fsp3) is 0.333. The van der Waals surface area contributed by atoms with E-state index in [-0.39, 0.29) is 12.4 Å². The second kappa shape index (κ2) is 6.24. The van der Waals surface area contributed by atoms with Crippen molar-refractivity contribution in [2.75, 3.05) is 26.7 Å². The van der Waals surface area contributed by atoms with Crippen molar-refractivity contribution in [2.24, 2.45) is 0 Å². The van der Waals surface area contributed by atoms with E-state index in [4.69, 9.17) is 4.74 Å². The number of fused-ring (bicyclic) bond motifs is 1. The number of nitrogens with one attached hydrogen (secondary N) is 2. The van der Waals surface area contributed by atoms with E-state index in [1.165, 1.54) is 16.3 Å². The van der Waals surface area contributed by atoms with Gasteiger partial charge in [0.15, 0.2) is 0 Å². The van der Waals surface area contributed by atoms with Gasteiger partial charge in [0.2, 0.25) is 0 Å². The van der Waals surface area contributed by atoms with Crippen LogP contribution in [-0.2, 0) is 0 Å². The lowest BCUT2D eigenvalue weighted by Gasteiger charge is -2.26. The maximum atomic E-state index is 5.43. The summed E-state index contributed by atoms with van der Waals surface area (Å²) in [5.74, 6) is 0.943. The van der Waals surface area contributed by atoms with Crippen LogP contribution in [0.25, 0.3) is 10.8 Å². The maximum Gasteiger partial charge on any atom is 0.126 e. The average molecular weight is 279 g/mol. The third-order valence-corrected chi connectivity index (χ3v) is 3.55. The quantitative estimate of drug-likeness (QED) is 0.886. The third kappa shape index (κ3) is 2.68. The number of hydrogen-bond acceptors (Lipinski definition) is 3. The highest BCUT2D eigenvalue weighted by Gasteiger charge is 2.17. The first-order valence-electron chi connectivity index (χ1n) is 6.40. The lowest BCUT2D eigenvalue weighted by Crippen LogP contribution is -2.42. The number of benzene rings is 2. The van der Waals surface area contributed by atoms with Crippen molar-refractivity contribution in [3.05, 3.63) is 42.0 Å².